The third kappa shape index (κ3) is 2.27. The second-order valence-electron chi connectivity index (χ2n) is 5.79. The van der Waals surface area contributed by atoms with Crippen LogP contribution < -0.4 is 4.74 Å². The molecule has 0 bridgehead atoms. The summed E-state index contributed by atoms with van der Waals surface area (Å²) in [7, 11) is 4.08. The third-order valence-electron chi connectivity index (χ3n) is 4.86. The van der Waals surface area contributed by atoms with Gasteiger partial charge in [0.25, 0.3) is 0 Å². The van der Waals surface area contributed by atoms with Crippen molar-refractivity contribution in [3.05, 3.63) is 23.3 Å². The highest BCUT2D eigenvalue weighted by Gasteiger charge is 2.35. The monoisotopic (exact) mass is 277 g/mol. The first-order chi connectivity index (χ1) is 9.24. The summed E-state index contributed by atoms with van der Waals surface area (Å²) in [4.78, 5) is 4.00. The van der Waals surface area contributed by atoms with Crippen LogP contribution in [-0.4, -0.2) is 37.9 Å². The SMILES string of the molecule is COc1ccc(SC)c2c1C[C@@H]1[C@H](CCCN1C)C2. The van der Waals surface area contributed by atoms with Crippen LogP contribution in [-0.2, 0) is 12.8 Å². The number of piperidine rings is 1. The molecule has 1 aliphatic carbocycles. The molecular formula is C16H23NOS. The lowest BCUT2D eigenvalue weighted by Gasteiger charge is -2.43. The van der Waals surface area contributed by atoms with E-state index in [9.17, 15) is 0 Å². The van der Waals surface area contributed by atoms with Crippen molar-refractivity contribution in [3.8, 4) is 5.75 Å². The number of benzene rings is 1. The molecule has 0 spiro atoms. The summed E-state index contributed by atoms with van der Waals surface area (Å²) in [6, 6.07) is 5.09. The molecular weight excluding hydrogens is 254 g/mol. The maximum Gasteiger partial charge on any atom is 0.122 e. The normalized spacial score (nSPS) is 26.7. The van der Waals surface area contributed by atoms with Crippen molar-refractivity contribution in [3.63, 3.8) is 0 Å². The van der Waals surface area contributed by atoms with E-state index in [0.29, 0.717) is 6.04 Å². The van der Waals surface area contributed by atoms with E-state index >= 15 is 0 Å². The predicted octanol–water partition coefficient (Wildman–Crippen LogP) is 3.23. The lowest BCUT2D eigenvalue weighted by Crippen LogP contribution is -2.47. The maximum absolute atomic E-state index is 5.60. The summed E-state index contributed by atoms with van der Waals surface area (Å²) in [5.41, 5.74) is 3.02. The Morgan fingerprint density at radius 1 is 1.26 bits per heavy atom. The van der Waals surface area contributed by atoms with Gasteiger partial charge in [0.15, 0.2) is 0 Å². The molecule has 1 aromatic rings. The second-order valence-corrected chi connectivity index (χ2v) is 6.63. The molecule has 1 fully saturated rings. The lowest BCUT2D eigenvalue weighted by molar-refractivity contribution is 0.111. The maximum atomic E-state index is 5.60. The van der Waals surface area contributed by atoms with Gasteiger partial charge in [0, 0.05) is 10.9 Å². The molecule has 0 amide bonds. The van der Waals surface area contributed by atoms with Gasteiger partial charge in [-0.25, -0.2) is 0 Å². The highest BCUT2D eigenvalue weighted by Crippen LogP contribution is 2.41. The Morgan fingerprint density at radius 3 is 2.84 bits per heavy atom. The smallest absolute Gasteiger partial charge is 0.122 e. The highest BCUT2D eigenvalue weighted by molar-refractivity contribution is 7.98. The van der Waals surface area contributed by atoms with Gasteiger partial charge < -0.3 is 9.64 Å². The van der Waals surface area contributed by atoms with Gasteiger partial charge in [0.2, 0.25) is 0 Å². The number of fused-ring (bicyclic) bond motifs is 2. The zero-order valence-corrected chi connectivity index (χ0v) is 12.9. The zero-order valence-electron chi connectivity index (χ0n) is 12.1. The molecule has 0 N–H and O–H groups in total. The van der Waals surface area contributed by atoms with E-state index in [1.165, 1.54) is 36.3 Å². The summed E-state index contributed by atoms with van der Waals surface area (Å²) in [6.45, 7) is 1.25. The summed E-state index contributed by atoms with van der Waals surface area (Å²) >= 11 is 1.87. The van der Waals surface area contributed by atoms with Crippen LogP contribution in [0.15, 0.2) is 17.0 Å². The molecule has 1 saturated heterocycles. The van der Waals surface area contributed by atoms with Crippen LogP contribution >= 0.6 is 11.8 Å². The number of thioether (sulfide) groups is 1. The number of rotatable bonds is 2. The van der Waals surface area contributed by atoms with Gasteiger partial charge in [-0.3, -0.25) is 0 Å². The van der Waals surface area contributed by atoms with Crippen LogP contribution in [0.1, 0.15) is 24.0 Å². The Labute approximate surface area is 120 Å². The molecule has 2 nitrogen and oxygen atoms in total. The fourth-order valence-corrected chi connectivity index (χ4v) is 4.49. The Hall–Kier alpha value is -0.670. The minimum Gasteiger partial charge on any atom is -0.496 e. The van der Waals surface area contributed by atoms with Gasteiger partial charge in [-0.05, 0) is 74.7 Å². The van der Waals surface area contributed by atoms with Crippen LogP contribution in [0.2, 0.25) is 0 Å². The standard InChI is InChI=1S/C16H23NOS/c1-17-8-4-5-11-9-13-12(10-14(11)17)15(18-2)6-7-16(13)19-3/h6-7,11,14H,4-5,8-10H2,1-3H3/t11-,14-/m1/s1. The summed E-state index contributed by atoms with van der Waals surface area (Å²) in [5.74, 6) is 1.93. The Bertz CT molecular complexity index is 474. The quantitative estimate of drug-likeness (QED) is 0.770. The van der Waals surface area contributed by atoms with E-state index in [1.54, 1.807) is 12.7 Å². The Morgan fingerprint density at radius 2 is 2.11 bits per heavy atom. The van der Waals surface area contributed by atoms with E-state index in [0.717, 1.165) is 18.1 Å². The Balaban J connectivity index is 2.02. The van der Waals surface area contributed by atoms with Crippen molar-refractivity contribution in [2.45, 2.75) is 36.6 Å². The second kappa shape index (κ2) is 5.37. The molecule has 0 aromatic heterocycles. The van der Waals surface area contributed by atoms with Crippen molar-refractivity contribution in [1.82, 2.24) is 4.90 Å². The number of hydrogen-bond acceptors (Lipinski definition) is 3. The van der Waals surface area contributed by atoms with Crippen molar-refractivity contribution < 1.29 is 4.74 Å². The summed E-state index contributed by atoms with van der Waals surface area (Å²) in [6.07, 6.45) is 7.32. The van der Waals surface area contributed by atoms with E-state index in [4.69, 9.17) is 4.74 Å². The first kappa shape index (κ1) is 13.3. The van der Waals surface area contributed by atoms with Crippen LogP contribution in [0.4, 0.5) is 0 Å². The number of hydrogen-bond donors (Lipinski definition) is 0. The average molecular weight is 277 g/mol. The Kier molecular flexibility index (Phi) is 3.77. The van der Waals surface area contributed by atoms with Gasteiger partial charge in [-0.1, -0.05) is 0 Å². The molecule has 1 aliphatic heterocycles. The molecule has 1 aromatic carbocycles. The van der Waals surface area contributed by atoms with E-state index in [2.05, 4.69) is 30.3 Å². The van der Waals surface area contributed by atoms with E-state index < -0.39 is 0 Å². The van der Waals surface area contributed by atoms with Gasteiger partial charge >= 0.3 is 0 Å². The molecule has 0 radical (unpaired) electrons. The van der Waals surface area contributed by atoms with E-state index in [1.807, 2.05) is 11.8 Å². The van der Waals surface area contributed by atoms with Gasteiger partial charge in [0.05, 0.1) is 7.11 Å². The molecule has 104 valence electrons. The molecule has 1 heterocycles. The largest absolute Gasteiger partial charge is 0.496 e. The predicted molar refractivity (Wildman–Crippen MR) is 81.3 cm³/mol. The zero-order chi connectivity index (χ0) is 13.4. The van der Waals surface area contributed by atoms with Crippen LogP contribution in [0, 0.1) is 5.92 Å². The van der Waals surface area contributed by atoms with Gasteiger partial charge in [-0.2, -0.15) is 0 Å². The van der Waals surface area contributed by atoms with Crippen molar-refractivity contribution in [1.29, 1.82) is 0 Å². The van der Waals surface area contributed by atoms with Gasteiger partial charge in [0.1, 0.15) is 5.75 Å². The molecule has 2 atom stereocenters. The molecule has 3 heteroatoms. The number of ether oxygens (including phenoxy) is 1. The first-order valence-corrected chi connectivity index (χ1v) is 8.40. The highest BCUT2D eigenvalue weighted by atomic mass is 32.2. The van der Waals surface area contributed by atoms with Gasteiger partial charge in [-0.15, -0.1) is 11.8 Å². The average Bonchev–Trinajstić information content (AvgIpc) is 2.45. The number of nitrogens with zero attached hydrogens (tertiary/aromatic N) is 1. The summed E-state index contributed by atoms with van der Waals surface area (Å²) < 4.78 is 5.60. The van der Waals surface area contributed by atoms with Crippen LogP contribution in [0.5, 0.6) is 5.75 Å². The minimum absolute atomic E-state index is 0.715. The fraction of sp³-hybridized carbons (Fsp3) is 0.625. The van der Waals surface area contributed by atoms with Crippen molar-refractivity contribution >= 4 is 11.8 Å². The number of methoxy groups -OCH3 is 1. The van der Waals surface area contributed by atoms with Crippen molar-refractivity contribution in [2.75, 3.05) is 27.0 Å². The molecule has 3 rings (SSSR count). The van der Waals surface area contributed by atoms with E-state index in [-0.39, 0.29) is 0 Å². The number of likely N-dealkylation sites (tertiary alicyclic amines) is 1. The van der Waals surface area contributed by atoms with Crippen molar-refractivity contribution in [2.24, 2.45) is 5.92 Å². The lowest BCUT2D eigenvalue weighted by atomic mass is 9.75. The fourth-order valence-electron chi connectivity index (χ4n) is 3.83. The first-order valence-electron chi connectivity index (χ1n) is 7.17. The molecule has 19 heavy (non-hydrogen) atoms. The topological polar surface area (TPSA) is 12.5 Å². The minimum atomic E-state index is 0.715. The molecule has 0 saturated carbocycles. The molecule has 0 unspecified atom stereocenters. The van der Waals surface area contributed by atoms with Crippen LogP contribution in [0.3, 0.4) is 0 Å². The van der Waals surface area contributed by atoms with Crippen LogP contribution in [0.25, 0.3) is 0 Å². The number of likely N-dealkylation sites (N-methyl/N-ethyl adjacent to an activating group) is 1. The third-order valence-corrected chi connectivity index (χ3v) is 5.68. The molecule has 2 aliphatic rings. The summed E-state index contributed by atoms with van der Waals surface area (Å²) in [5, 5.41) is 0.